The topological polar surface area (TPSA) is 86.7 Å². The van der Waals surface area contributed by atoms with Crippen LogP contribution in [0.4, 0.5) is 9.59 Å². The Hall–Kier alpha value is 1.94. The molecule has 0 heterocycles. The first-order chi connectivity index (χ1) is 7.52. The molecule has 0 saturated carbocycles. The molecule has 0 fully saturated rings. The summed E-state index contributed by atoms with van der Waals surface area (Å²) in [4.78, 5) is 21.2. The molecule has 0 aromatic rings. The molecule has 0 aromatic carbocycles. The Morgan fingerprint density at radius 3 is 1.33 bits per heavy atom. The molecule has 0 aliphatic heterocycles. The van der Waals surface area contributed by atoms with Gasteiger partial charge in [-0.05, 0) is 12.5 Å². The van der Waals surface area contributed by atoms with E-state index < -0.39 is 12.2 Å². The van der Waals surface area contributed by atoms with E-state index in [1.165, 1.54) is 21.6 Å². The zero-order valence-corrected chi connectivity index (χ0v) is 17.8. The van der Waals surface area contributed by atoms with Crippen molar-refractivity contribution >= 4 is 55.7 Å². The Morgan fingerprint density at radius 2 is 1.17 bits per heavy atom. The van der Waals surface area contributed by atoms with Crippen LogP contribution in [-0.4, -0.2) is 46.4 Å². The van der Waals surface area contributed by atoms with Crippen LogP contribution in [0.1, 0.15) is 0 Å². The number of carboxylic acid groups (broad SMARTS) is 2. The van der Waals surface area contributed by atoms with E-state index in [9.17, 15) is 19.8 Å². The van der Waals surface area contributed by atoms with Crippen molar-refractivity contribution in [1.82, 2.24) is 8.61 Å². The molecule has 2 amide bonds. The normalized spacial score (nSPS) is 8.78. The van der Waals surface area contributed by atoms with Crippen molar-refractivity contribution in [3.63, 3.8) is 0 Å². The van der Waals surface area contributed by atoms with E-state index in [-0.39, 0.29) is 72.2 Å². The van der Waals surface area contributed by atoms with E-state index in [0.29, 0.717) is 0 Å². The van der Waals surface area contributed by atoms with Crippen LogP contribution in [-0.2, 0) is 0 Å². The fourth-order valence-corrected chi connectivity index (χ4v) is 3.37. The van der Waals surface area contributed by atoms with Gasteiger partial charge in [0.2, 0.25) is 0 Å². The van der Waals surface area contributed by atoms with Gasteiger partial charge in [0.05, 0.1) is 13.1 Å². The molecular weight excluding hydrogens is 338 g/mol. The van der Waals surface area contributed by atoms with Gasteiger partial charge in [0.1, 0.15) is 12.2 Å². The van der Waals surface area contributed by atoms with Gasteiger partial charge in [0.15, 0.2) is 0 Å². The van der Waals surface area contributed by atoms with Crippen LogP contribution in [0.2, 0.25) is 0 Å². The van der Waals surface area contributed by atoms with Crippen LogP contribution < -0.4 is 69.3 Å². The third-order valence-corrected chi connectivity index (χ3v) is 4.54. The maximum Gasteiger partial charge on any atom is 1.00 e. The molecule has 0 saturated heterocycles. The van der Waals surface area contributed by atoms with Crippen LogP contribution in [0.25, 0.3) is 0 Å². The van der Waals surface area contributed by atoms with Gasteiger partial charge in [-0.25, -0.2) is 0 Å². The minimum atomic E-state index is -1.34. The molecule has 0 atom stereocenters. The minimum absolute atomic E-state index is 0. The first-order valence-electron chi connectivity index (χ1n) is 3.91. The van der Waals surface area contributed by atoms with E-state index >= 15 is 0 Å². The van der Waals surface area contributed by atoms with Gasteiger partial charge in [-0.2, -0.15) is 0 Å². The van der Waals surface area contributed by atoms with Crippen molar-refractivity contribution in [2.45, 2.75) is 0 Å². The number of carbonyl (C=O) groups excluding carboxylic acids is 2. The van der Waals surface area contributed by atoms with E-state index in [0.717, 1.165) is 30.6 Å². The average Bonchev–Trinajstić information content (AvgIpc) is 2.21. The molecule has 0 unspecified atom stereocenters. The molecule has 94 valence electrons. The first kappa shape index (κ1) is 24.9. The van der Waals surface area contributed by atoms with Crippen molar-refractivity contribution < 1.29 is 78.9 Å². The number of hydrogen-bond donors (Lipinski definition) is 0. The van der Waals surface area contributed by atoms with Crippen molar-refractivity contribution in [3.8, 4) is 0 Å². The summed E-state index contributed by atoms with van der Waals surface area (Å²) in [6.45, 7) is 0.0742. The summed E-state index contributed by atoms with van der Waals surface area (Å²) in [5.41, 5.74) is 0. The Balaban J connectivity index is -0.00000112. The maximum atomic E-state index is 10.6. The first-order valence-corrected chi connectivity index (χ1v) is 8.94. The van der Waals surface area contributed by atoms with Crippen LogP contribution in [0, 0.1) is 0 Å². The summed E-state index contributed by atoms with van der Waals surface area (Å²) in [7, 11) is 4.46. The Morgan fingerprint density at radius 1 is 0.889 bits per heavy atom. The van der Waals surface area contributed by atoms with E-state index in [2.05, 4.69) is 0 Å². The average molecular weight is 348 g/mol. The van der Waals surface area contributed by atoms with Crippen LogP contribution in [0.5, 0.6) is 0 Å². The van der Waals surface area contributed by atoms with Crippen LogP contribution >= 0.6 is 43.5 Å². The number of carbonyl (C=O) groups is 2. The molecular formula is C6H10N2Na2O4S4. The molecule has 0 N–H and O–H groups in total. The van der Waals surface area contributed by atoms with Gasteiger partial charge in [0, 0.05) is 22.0 Å². The fourth-order valence-electron chi connectivity index (χ4n) is 0.680. The summed E-state index contributed by atoms with van der Waals surface area (Å²) in [6.07, 6.45) is 0.750. The summed E-state index contributed by atoms with van der Waals surface area (Å²) < 4.78 is 1.92. The van der Waals surface area contributed by atoms with E-state index in [1.54, 1.807) is 12.5 Å². The van der Waals surface area contributed by atoms with Crippen molar-refractivity contribution in [2.75, 3.05) is 25.6 Å². The zero-order chi connectivity index (χ0) is 12.6. The van der Waals surface area contributed by atoms with Crippen molar-refractivity contribution in [2.24, 2.45) is 0 Å². The third kappa shape index (κ3) is 11.7. The summed E-state index contributed by atoms with van der Waals surface area (Å²) in [6, 6.07) is 0. The minimum Gasteiger partial charge on any atom is -0.529 e. The second kappa shape index (κ2) is 15.3. The number of amides is 2. The third-order valence-electron chi connectivity index (χ3n) is 1.24. The second-order valence-electron chi connectivity index (χ2n) is 2.22. The molecule has 0 aliphatic carbocycles. The molecule has 0 radical (unpaired) electrons. The van der Waals surface area contributed by atoms with Gasteiger partial charge in [0.25, 0.3) is 0 Å². The molecule has 0 aliphatic rings. The van der Waals surface area contributed by atoms with Crippen LogP contribution in [0.15, 0.2) is 0 Å². The second-order valence-corrected chi connectivity index (χ2v) is 6.96. The Bertz CT molecular complexity index is 228. The maximum absolute atomic E-state index is 10.6. The van der Waals surface area contributed by atoms with Gasteiger partial charge in [-0.1, -0.05) is 21.6 Å². The number of rotatable bonds is 7. The largest absolute Gasteiger partial charge is 1.00 e. The fraction of sp³-hybridized carbons (Fsp3) is 0.667. The number of hydrogen-bond acceptors (Lipinski definition) is 8. The quantitative estimate of drug-likeness (QED) is 0.255. The monoisotopic (exact) mass is 348 g/mol. The molecule has 0 aromatic heterocycles. The smallest absolute Gasteiger partial charge is 0.529 e. The van der Waals surface area contributed by atoms with Crippen molar-refractivity contribution in [3.05, 3.63) is 0 Å². The summed E-state index contributed by atoms with van der Waals surface area (Å²) >= 11 is 0. The van der Waals surface area contributed by atoms with Gasteiger partial charge >= 0.3 is 59.1 Å². The van der Waals surface area contributed by atoms with Gasteiger partial charge in [-0.15, -0.1) is 0 Å². The van der Waals surface area contributed by atoms with E-state index in [4.69, 9.17) is 0 Å². The number of nitrogens with zero attached hydrogens (tertiary/aromatic N) is 2. The Labute approximate surface area is 166 Å². The SMILES string of the molecule is CSSN(CCN(SSC)C(=O)[O-])C(=O)[O-].[Na+].[Na+]. The predicted octanol–water partition coefficient (Wildman–Crippen LogP) is -5.86. The molecule has 0 bridgehead atoms. The Kier molecular flexibility index (Phi) is 21.2. The predicted molar refractivity (Wildman–Crippen MR) is 66.4 cm³/mol. The van der Waals surface area contributed by atoms with Gasteiger partial charge in [-0.3, -0.25) is 8.61 Å². The molecule has 0 spiro atoms. The summed E-state index contributed by atoms with van der Waals surface area (Å²) in [5.74, 6) is 0. The standard InChI is InChI=1S/C6H12N2O4S4.2Na/c1-13-15-7(5(9)10)3-4-8(6(11)12)16-14-2;;/h3-4H2,1-2H3,(H,9,10)(H,11,12);;/q;2*+1/p-2. The van der Waals surface area contributed by atoms with Crippen LogP contribution in [0.3, 0.4) is 0 Å². The molecule has 0 rings (SSSR count). The van der Waals surface area contributed by atoms with E-state index in [1.807, 2.05) is 0 Å². The molecule has 18 heavy (non-hydrogen) atoms. The molecule has 6 nitrogen and oxygen atoms in total. The van der Waals surface area contributed by atoms with Gasteiger partial charge < -0.3 is 19.8 Å². The molecule has 12 heteroatoms. The summed E-state index contributed by atoms with van der Waals surface area (Å²) in [5, 5.41) is 21.2. The zero-order valence-electron chi connectivity index (χ0n) is 10.6. The van der Waals surface area contributed by atoms with Crippen molar-refractivity contribution in [1.29, 1.82) is 0 Å².